The number of aromatic nitrogens is 5. The molecule has 2 N–H and O–H groups in total. The molecule has 3 unspecified atom stereocenters. The summed E-state index contributed by atoms with van der Waals surface area (Å²) in [6.45, 7) is 8.02. The number of aryl methyl sites for hydroxylation is 2. The van der Waals surface area contributed by atoms with Crippen molar-refractivity contribution in [2.45, 2.75) is 71.2 Å². The Bertz CT molecular complexity index is 775. The van der Waals surface area contributed by atoms with Gasteiger partial charge in [-0.3, -0.25) is 0 Å². The average Bonchev–Trinajstić information content (AvgIpc) is 3.01. The highest BCUT2D eigenvalue weighted by molar-refractivity contribution is 5.47. The van der Waals surface area contributed by atoms with E-state index in [1.165, 1.54) is 0 Å². The van der Waals surface area contributed by atoms with Crippen molar-refractivity contribution in [2.24, 2.45) is 5.92 Å². The molecule has 0 spiro atoms. The molecule has 1 saturated heterocycles. The van der Waals surface area contributed by atoms with Crippen LogP contribution >= 0.6 is 0 Å². The molecule has 146 valence electrons. The number of fused-ring (bicyclic) bond motifs is 1. The standard InChI is InChI=1S/C19H29N7O/c1-12(2)19-15(5-4-8-27-19)24-17-9-16(20-11-21-17)23-14-6-7-18-22-13(3)25-26(18)10-14/h9,11-12,14-15,19H,4-8,10H2,1-3H3,(H2,20,21,23,24). The Morgan fingerprint density at radius 1 is 1.19 bits per heavy atom. The Kier molecular flexibility index (Phi) is 5.24. The van der Waals surface area contributed by atoms with Crippen LogP contribution in [0.4, 0.5) is 11.6 Å². The smallest absolute Gasteiger partial charge is 0.147 e. The van der Waals surface area contributed by atoms with E-state index < -0.39 is 0 Å². The van der Waals surface area contributed by atoms with Crippen molar-refractivity contribution >= 4 is 11.6 Å². The highest BCUT2D eigenvalue weighted by Crippen LogP contribution is 2.24. The SMILES string of the molecule is Cc1nc2n(n1)CC(Nc1cc(NC3CCCOC3C(C)C)ncn1)CC2. The monoisotopic (exact) mass is 371 g/mol. The molecule has 1 fully saturated rings. The fourth-order valence-electron chi connectivity index (χ4n) is 4.08. The molecule has 0 aromatic carbocycles. The van der Waals surface area contributed by atoms with Gasteiger partial charge < -0.3 is 15.4 Å². The van der Waals surface area contributed by atoms with Crippen molar-refractivity contribution < 1.29 is 4.74 Å². The summed E-state index contributed by atoms with van der Waals surface area (Å²) in [6, 6.07) is 2.58. The van der Waals surface area contributed by atoms with Crippen LogP contribution in [-0.2, 0) is 17.7 Å². The van der Waals surface area contributed by atoms with E-state index >= 15 is 0 Å². The van der Waals surface area contributed by atoms with Gasteiger partial charge in [0.1, 0.15) is 29.6 Å². The molecule has 0 bridgehead atoms. The Morgan fingerprint density at radius 2 is 2.00 bits per heavy atom. The number of nitrogens with one attached hydrogen (secondary N) is 2. The van der Waals surface area contributed by atoms with Crippen molar-refractivity contribution in [1.29, 1.82) is 0 Å². The molecule has 2 aromatic rings. The van der Waals surface area contributed by atoms with Crippen LogP contribution in [0.1, 0.15) is 44.8 Å². The topological polar surface area (TPSA) is 89.8 Å². The zero-order valence-electron chi connectivity index (χ0n) is 16.4. The maximum Gasteiger partial charge on any atom is 0.147 e. The van der Waals surface area contributed by atoms with Crippen molar-refractivity contribution in [2.75, 3.05) is 17.2 Å². The van der Waals surface area contributed by atoms with Gasteiger partial charge in [0.25, 0.3) is 0 Å². The molecule has 8 heteroatoms. The second-order valence-corrected chi connectivity index (χ2v) is 7.90. The zero-order valence-corrected chi connectivity index (χ0v) is 16.4. The van der Waals surface area contributed by atoms with Crippen LogP contribution in [0.25, 0.3) is 0 Å². The number of ether oxygens (including phenoxy) is 1. The van der Waals surface area contributed by atoms with Crippen LogP contribution in [-0.4, -0.2) is 49.5 Å². The second-order valence-electron chi connectivity index (χ2n) is 7.90. The molecule has 8 nitrogen and oxygen atoms in total. The van der Waals surface area contributed by atoms with Gasteiger partial charge in [-0.15, -0.1) is 0 Å². The Labute approximate surface area is 160 Å². The van der Waals surface area contributed by atoms with Crippen LogP contribution in [0.15, 0.2) is 12.4 Å². The van der Waals surface area contributed by atoms with Gasteiger partial charge in [-0.25, -0.2) is 19.6 Å². The first-order chi connectivity index (χ1) is 13.1. The Morgan fingerprint density at radius 3 is 2.81 bits per heavy atom. The van der Waals surface area contributed by atoms with E-state index in [2.05, 4.69) is 44.5 Å². The summed E-state index contributed by atoms with van der Waals surface area (Å²) >= 11 is 0. The molecule has 0 aliphatic carbocycles. The Balaban J connectivity index is 1.40. The summed E-state index contributed by atoms with van der Waals surface area (Å²) in [6.07, 6.45) is 5.98. The number of nitrogens with zero attached hydrogens (tertiary/aromatic N) is 5. The van der Waals surface area contributed by atoms with Crippen LogP contribution in [0.5, 0.6) is 0 Å². The average molecular weight is 371 g/mol. The van der Waals surface area contributed by atoms with Gasteiger partial charge in [0.2, 0.25) is 0 Å². The maximum atomic E-state index is 5.97. The fraction of sp³-hybridized carbons (Fsp3) is 0.684. The third-order valence-corrected chi connectivity index (χ3v) is 5.34. The van der Waals surface area contributed by atoms with Gasteiger partial charge in [0.15, 0.2) is 0 Å². The normalized spacial score (nSPS) is 25.3. The van der Waals surface area contributed by atoms with Crippen LogP contribution < -0.4 is 10.6 Å². The molecule has 0 amide bonds. The molecule has 4 rings (SSSR count). The van der Waals surface area contributed by atoms with Gasteiger partial charge >= 0.3 is 0 Å². The van der Waals surface area contributed by atoms with Crippen LogP contribution in [0.2, 0.25) is 0 Å². The summed E-state index contributed by atoms with van der Waals surface area (Å²) in [5.74, 6) is 4.09. The largest absolute Gasteiger partial charge is 0.376 e. The predicted octanol–water partition coefficient (Wildman–Crippen LogP) is 2.42. The molecule has 2 aliphatic heterocycles. The number of hydrogen-bond donors (Lipinski definition) is 2. The summed E-state index contributed by atoms with van der Waals surface area (Å²) in [5.41, 5.74) is 0. The molecular formula is C19H29N7O. The maximum absolute atomic E-state index is 5.97. The van der Waals surface area contributed by atoms with Gasteiger partial charge in [-0.2, -0.15) is 5.10 Å². The highest BCUT2D eigenvalue weighted by atomic mass is 16.5. The number of anilines is 2. The second kappa shape index (κ2) is 7.80. The summed E-state index contributed by atoms with van der Waals surface area (Å²) in [4.78, 5) is 13.3. The van der Waals surface area contributed by atoms with Gasteiger partial charge in [0, 0.05) is 25.1 Å². The first-order valence-electron chi connectivity index (χ1n) is 9.95. The lowest BCUT2D eigenvalue weighted by Crippen LogP contribution is -2.43. The number of hydrogen-bond acceptors (Lipinski definition) is 7. The molecule has 27 heavy (non-hydrogen) atoms. The first-order valence-corrected chi connectivity index (χ1v) is 9.95. The highest BCUT2D eigenvalue weighted by Gasteiger charge is 2.29. The molecule has 2 aliphatic rings. The quantitative estimate of drug-likeness (QED) is 0.834. The van der Waals surface area contributed by atoms with Crippen molar-refractivity contribution in [1.82, 2.24) is 24.7 Å². The van der Waals surface area contributed by atoms with Crippen LogP contribution in [0.3, 0.4) is 0 Å². The third kappa shape index (κ3) is 4.21. The minimum absolute atomic E-state index is 0.220. The predicted molar refractivity (Wildman–Crippen MR) is 104 cm³/mol. The fourth-order valence-corrected chi connectivity index (χ4v) is 4.08. The van der Waals surface area contributed by atoms with E-state index in [4.69, 9.17) is 4.74 Å². The molecular weight excluding hydrogens is 342 g/mol. The zero-order chi connectivity index (χ0) is 18.8. The van der Waals surface area contributed by atoms with Gasteiger partial charge in [-0.05, 0) is 32.1 Å². The van der Waals surface area contributed by atoms with Crippen LogP contribution in [0, 0.1) is 12.8 Å². The molecule has 0 radical (unpaired) electrons. The first kappa shape index (κ1) is 18.2. The van der Waals surface area contributed by atoms with E-state index in [9.17, 15) is 0 Å². The van der Waals surface area contributed by atoms with Crippen molar-refractivity contribution in [3.05, 3.63) is 24.0 Å². The molecule has 3 atom stereocenters. The number of rotatable bonds is 5. The summed E-state index contributed by atoms with van der Waals surface area (Å²) in [7, 11) is 0. The lowest BCUT2D eigenvalue weighted by atomic mass is 9.94. The Hall–Kier alpha value is -2.22. The van der Waals surface area contributed by atoms with Crippen molar-refractivity contribution in [3.63, 3.8) is 0 Å². The van der Waals surface area contributed by atoms with E-state index in [0.717, 1.165) is 62.1 Å². The molecule has 4 heterocycles. The van der Waals surface area contributed by atoms with E-state index in [-0.39, 0.29) is 12.1 Å². The lowest BCUT2D eigenvalue weighted by molar-refractivity contribution is -0.0203. The van der Waals surface area contributed by atoms with Crippen molar-refractivity contribution in [3.8, 4) is 0 Å². The van der Waals surface area contributed by atoms with Gasteiger partial charge in [-0.1, -0.05) is 13.8 Å². The van der Waals surface area contributed by atoms with E-state index in [1.807, 2.05) is 17.7 Å². The minimum atomic E-state index is 0.220. The van der Waals surface area contributed by atoms with E-state index in [0.29, 0.717) is 12.0 Å². The molecule has 2 aromatic heterocycles. The summed E-state index contributed by atoms with van der Waals surface area (Å²) in [5, 5.41) is 11.6. The molecule has 0 saturated carbocycles. The van der Waals surface area contributed by atoms with Gasteiger partial charge in [0.05, 0.1) is 18.7 Å². The van der Waals surface area contributed by atoms with E-state index in [1.54, 1.807) is 6.33 Å². The summed E-state index contributed by atoms with van der Waals surface area (Å²) < 4.78 is 7.98. The third-order valence-electron chi connectivity index (χ3n) is 5.34. The lowest BCUT2D eigenvalue weighted by Gasteiger charge is -2.35. The minimum Gasteiger partial charge on any atom is -0.376 e.